The average Bonchev–Trinajstić information content (AvgIpc) is 3.23. The molecule has 3 rings (SSSR count). The van der Waals surface area contributed by atoms with Crippen molar-refractivity contribution in [3.05, 3.63) is 49.0 Å². The molecule has 136 valence electrons. The Hall–Kier alpha value is -2.52. The molecule has 0 saturated heterocycles. The van der Waals surface area contributed by atoms with E-state index in [0.29, 0.717) is 25.5 Å². The van der Waals surface area contributed by atoms with Gasteiger partial charge >= 0.3 is 11.9 Å². The maximum absolute atomic E-state index is 12.5. The minimum Gasteiger partial charge on any atom is -0.462 e. The van der Waals surface area contributed by atoms with E-state index in [1.165, 1.54) is 11.3 Å². The fraction of sp³-hybridized carbons (Fsp3) is 0.294. The van der Waals surface area contributed by atoms with Gasteiger partial charge in [0.05, 0.1) is 12.0 Å². The Bertz CT molecular complexity index is 1020. The van der Waals surface area contributed by atoms with Crippen molar-refractivity contribution < 1.29 is 19.1 Å². The highest BCUT2D eigenvalue weighted by molar-refractivity contribution is 7.20. The van der Waals surface area contributed by atoms with E-state index in [0.717, 1.165) is 11.3 Å². The number of fused-ring (bicyclic) bond motifs is 1. The first-order valence-electron chi connectivity index (χ1n) is 7.87. The number of carbonyl (C=O) groups is 2. The van der Waals surface area contributed by atoms with Crippen LogP contribution in [0.25, 0.3) is 10.2 Å². The van der Waals surface area contributed by atoms with Crippen LogP contribution in [0.2, 0.25) is 0 Å². The third kappa shape index (κ3) is 3.40. The first-order chi connectivity index (χ1) is 12.4. The lowest BCUT2D eigenvalue weighted by Gasteiger charge is -2.11. The summed E-state index contributed by atoms with van der Waals surface area (Å²) >= 11 is 2.36. The smallest absolute Gasteiger partial charge is 0.349 e. The third-order valence-electron chi connectivity index (χ3n) is 3.67. The van der Waals surface area contributed by atoms with Gasteiger partial charge in [0.15, 0.2) is 11.9 Å². The number of nitrogens with zero attached hydrogens (tertiary/aromatic N) is 1. The summed E-state index contributed by atoms with van der Waals surface area (Å²) in [6.45, 7) is 5.27. The summed E-state index contributed by atoms with van der Waals surface area (Å²) in [4.78, 5) is 44.8. The number of aromatic amines is 1. The van der Waals surface area contributed by atoms with Gasteiger partial charge in [-0.25, -0.2) is 14.6 Å². The van der Waals surface area contributed by atoms with Crippen LogP contribution < -0.4 is 5.56 Å². The summed E-state index contributed by atoms with van der Waals surface area (Å²) in [7, 11) is 0. The monoisotopic (exact) mass is 392 g/mol. The van der Waals surface area contributed by atoms with Crippen molar-refractivity contribution >= 4 is 44.8 Å². The highest BCUT2D eigenvalue weighted by Crippen LogP contribution is 2.28. The minimum atomic E-state index is -0.741. The number of carbonyl (C=O) groups excluding carboxylic acids is 2. The molecule has 0 fully saturated rings. The second kappa shape index (κ2) is 7.38. The van der Waals surface area contributed by atoms with Crippen LogP contribution in [0, 0.1) is 6.92 Å². The van der Waals surface area contributed by atoms with Gasteiger partial charge < -0.3 is 14.5 Å². The highest BCUT2D eigenvalue weighted by atomic mass is 32.1. The first-order valence-corrected chi connectivity index (χ1v) is 9.56. The third-order valence-corrected chi connectivity index (χ3v) is 5.69. The van der Waals surface area contributed by atoms with E-state index in [1.807, 2.05) is 0 Å². The van der Waals surface area contributed by atoms with Crippen molar-refractivity contribution in [2.45, 2.75) is 26.9 Å². The number of aromatic nitrogens is 2. The number of ether oxygens (including phenoxy) is 2. The number of rotatable bonds is 5. The standard InChI is InChI=1S/C17H16N2O5S2/c1-4-23-17(22)12-8(2)11-14(20)18-13(19-15(11)26-12)9(3)24-16(21)10-6-5-7-25-10/h5-7,9H,4H2,1-3H3,(H,18,19,20). The molecule has 0 radical (unpaired) electrons. The zero-order chi connectivity index (χ0) is 18.8. The molecule has 3 aromatic rings. The van der Waals surface area contributed by atoms with Crippen molar-refractivity contribution in [3.63, 3.8) is 0 Å². The molecule has 9 heteroatoms. The lowest BCUT2D eigenvalue weighted by molar-refractivity contribution is 0.0325. The number of H-pyrrole nitrogens is 1. The maximum Gasteiger partial charge on any atom is 0.349 e. The molecule has 26 heavy (non-hydrogen) atoms. The second-order valence-corrected chi connectivity index (χ2v) is 7.38. The molecule has 1 unspecified atom stereocenters. The lowest BCUT2D eigenvalue weighted by Crippen LogP contribution is -2.17. The molecule has 3 heterocycles. The second-order valence-electron chi connectivity index (χ2n) is 5.43. The largest absolute Gasteiger partial charge is 0.462 e. The van der Waals surface area contributed by atoms with E-state index >= 15 is 0 Å². The van der Waals surface area contributed by atoms with Crippen molar-refractivity contribution in [2.75, 3.05) is 6.61 Å². The Morgan fingerprint density at radius 1 is 1.35 bits per heavy atom. The van der Waals surface area contributed by atoms with E-state index in [-0.39, 0.29) is 18.0 Å². The van der Waals surface area contributed by atoms with Gasteiger partial charge in [-0.15, -0.1) is 22.7 Å². The van der Waals surface area contributed by atoms with Gasteiger partial charge in [0, 0.05) is 0 Å². The molecular weight excluding hydrogens is 376 g/mol. The molecule has 0 spiro atoms. The van der Waals surface area contributed by atoms with Gasteiger partial charge in [-0.1, -0.05) is 6.07 Å². The maximum atomic E-state index is 12.5. The molecule has 0 aliphatic carbocycles. The van der Waals surface area contributed by atoms with E-state index in [1.54, 1.807) is 38.3 Å². The molecule has 7 nitrogen and oxygen atoms in total. The van der Waals surface area contributed by atoms with Crippen LogP contribution in [-0.2, 0) is 9.47 Å². The Morgan fingerprint density at radius 2 is 2.12 bits per heavy atom. The van der Waals surface area contributed by atoms with E-state index in [2.05, 4.69) is 9.97 Å². The first kappa shape index (κ1) is 18.3. The zero-order valence-electron chi connectivity index (χ0n) is 14.3. The number of aryl methyl sites for hydroxylation is 1. The fourth-order valence-electron chi connectivity index (χ4n) is 2.41. The molecule has 1 N–H and O–H groups in total. The molecule has 0 aromatic carbocycles. The quantitative estimate of drug-likeness (QED) is 0.668. The summed E-state index contributed by atoms with van der Waals surface area (Å²) in [6.07, 6.45) is -0.741. The van der Waals surface area contributed by atoms with Crippen LogP contribution in [0.1, 0.15) is 50.7 Å². The number of nitrogens with one attached hydrogen (secondary N) is 1. The summed E-state index contributed by atoms with van der Waals surface area (Å²) in [6, 6.07) is 3.41. The number of thiophene rings is 2. The molecule has 0 bridgehead atoms. The van der Waals surface area contributed by atoms with Crippen LogP contribution in [0.3, 0.4) is 0 Å². The molecule has 0 amide bonds. The predicted octanol–water partition coefficient (Wildman–Crippen LogP) is 3.45. The van der Waals surface area contributed by atoms with E-state index in [4.69, 9.17) is 9.47 Å². The molecule has 3 aromatic heterocycles. The number of esters is 2. The zero-order valence-corrected chi connectivity index (χ0v) is 16.0. The molecule has 0 aliphatic heterocycles. The van der Waals surface area contributed by atoms with E-state index in [9.17, 15) is 14.4 Å². The van der Waals surface area contributed by atoms with E-state index < -0.39 is 18.0 Å². The van der Waals surface area contributed by atoms with Crippen molar-refractivity contribution in [2.24, 2.45) is 0 Å². The summed E-state index contributed by atoms with van der Waals surface area (Å²) in [5.41, 5.74) is 0.153. The van der Waals surface area contributed by atoms with Gasteiger partial charge in [-0.2, -0.15) is 0 Å². The number of hydrogen-bond acceptors (Lipinski definition) is 8. The van der Waals surface area contributed by atoms with Gasteiger partial charge in [-0.3, -0.25) is 4.79 Å². The Morgan fingerprint density at radius 3 is 2.77 bits per heavy atom. The topological polar surface area (TPSA) is 98.3 Å². The van der Waals surface area contributed by atoms with Crippen molar-refractivity contribution in [1.29, 1.82) is 0 Å². The van der Waals surface area contributed by atoms with Crippen molar-refractivity contribution in [1.82, 2.24) is 9.97 Å². The van der Waals surface area contributed by atoms with Crippen LogP contribution in [-0.4, -0.2) is 28.5 Å². The summed E-state index contributed by atoms with van der Waals surface area (Å²) < 4.78 is 10.4. The van der Waals surface area contributed by atoms with Crippen LogP contribution in [0.4, 0.5) is 0 Å². The molecule has 1 atom stereocenters. The van der Waals surface area contributed by atoms with Gasteiger partial charge in [0.25, 0.3) is 5.56 Å². The highest BCUT2D eigenvalue weighted by Gasteiger charge is 2.22. The SMILES string of the molecule is CCOC(=O)c1sc2nc(C(C)OC(=O)c3cccs3)[nH]c(=O)c2c1C. The van der Waals surface area contributed by atoms with Gasteiger partial charge in [0.2, 0.25) is 0 Å². The summed E-state index contributed by atoms with van der Waals surface area (Å²) in [5, 5.41) is 2.12. The van der Waals surface area contributed by atoms with Crippen LogP contribution >= 0.6 is 22.7 Å². The fourth-order valence-corrected chi connectivity index (χ4v) is 4.10. The molecule has 0 aliphatic rings. The normalized spacial score (nSPS) is 12.1. The average molecular weight is 392 g/mol. The van der Waals surface area contributed by atoms with Gasteiger partial charge in [-0.05, 0) is 37.8 Å². The molecule has 0 saturated carbocycles. The summed E-state index contributed by atoms with van der Waals surface area (Å²) in [5.74, 6) is -0.736. The Labute approximate surface area is 156 Å². The van der Waals surface area contributed by atoms with Crippen LogP contribution in [0.15, 0.2) is 22.3 Å². The van der Waals surface area contributed by atoms with Crippen molar-refractivity contribution in [3.8, 4) is 0 Å². The molecular formula is C17H16N2O5S2. The minimum absolute atomic E-state index is 0.226. The predicted molar refractivity (Wildman–Crippen MR) is 99.1 cm³/mol. The lowest BCUT2D eigenvalue weighted by atomic mass is 10.2. The van der Waals surface area contributed by atoms with Gasteiger partial charge in [0.1, 0.15) is 14.6 Å². The number of hydrogen-bond donors (Lipinski definition) is 1. The Balaban J connectivity index is 1.94. The Kier molecular flexibility index (Phi) is 5.19. The van der Waals surface area contributed by atoms with Crippen LogP contribution in [0.5, 0.6) is 0 Å².